The Morgan fingerprint density at radius 1 is 1.31 bits per heavy atom. The molecule has 0 aromatic heterocycles. The van der Waals surface area contributed by atoms with Crippen molar-refractivity contribution in [2.45, 2.75) is 5.75 Å². The predicted molar refractivity (Wildman–Crippen MR) is 51.7 cm³/mol. The van der Waals surface area contributed by atoms with Gasteiger partial charge in [0.15, 0.2) is 0 Å². The molecule has 0 amide bonds. The normalized spacial score (nSPS) is 11.6. The predicted octanol–water partition coefficient (Wildman–Crippen LogP) is 2.38. The molecule has 1 aromatic carbocycles. The summed E-state index contributed by atoms with van der Waals surface area (Å²) in [4.78, 5) is 0. The molecule has 1 N–H and O–H groups in total. The average Bonchev–Trinajstić information content (AvgIpc) is 1.93. The van der Waals surface area contributed by atoms with Gasteiger partial charge in [-0.2, -0.15) is 8.42 Å². The quantitative estimate of drug-likeness (QED) is 0.808. The number of hydrogen-bond donors (Lipinski definition) is 1. The molecule has 72 valence electrons. The number of benzene rings is 1. The summed E-state index contributed by atoms with van der Waals surface area (Å²) in [5, 5.41) is 0.647. The van der Waals surface area contributed by atoms with E-state index in [4.69, 9.17) is 27.8 Å². The van der Waals surface area contributed by atoms with Gasteiger partial charge in [-0.15, -0.1) is 0 Å². The first-order chi connectivity index (χ1) is 5.88. The van der Waals surface area contributed by atoms with Crippen LogP contribution in [0.4, 0.5) is 0 Å². The van der Waals surface area contributed by atoms with Crippen molar-refractivity contribution >= 4 is 33.3 Å². The minimum Gasteiger partial charge on any atom is -0.285 e. The highest BCUT2D eigenvalue weighted by Crippen LogP contribution is 2.22. The first-order valence-electron chi connectivity index (χ1n) is 3.27. The van der Waals surface area contributed by atoms with Crippen molar-refractivity contribution in [1.29, 1.82) is 0 Å². The van der Waals surface area contributed by atoms with E-state index in [0.29, 0.717) is 10.6 Å². The van der Waals surface area contributed by atoms with Crippen LogP contribution < -0.4 is 0 Å². The zero-order valence-electron chi connectivity index (χ0n) is 6.37. The zero-order chi connectivity index (χ0) is 10.1. The minimum atomic E-state index is -4.04. The lowest BCUT2D eigenvalue weighted by Gasteiger charge is -2.01. The van der Waals surface area contributed by atoms with Crippen LogP contribution in [0.3, 0.4) is 0 Å². The Balaban J connectivity index is 3.04. The van der Waals surface area contributed by atoms with E-state index >= 15 is 0 Å². The summed E-state index contributed by atoms with van der Waals surface area (Å²) in [5.74, 6) is -0.497. The van der Waals surface area contributed by atoms with Crippen LogP contribution in [-0.4, -0.2) is 13.0 Å². The highest BCUT2D eigenvalue weighted by Gasteiger charge is 2.09. The van der Waals surface area contributed by atoms with E-state index in [-0.39, 0.29) is 5.02 Å². The van der Waals surface area contributed by atoms with Gasteiger partial charge in [0.05, 0.1) is 0 Å². The second kappa shape index (κ2) is 3.84. The number of halogens is 2. The number of rotatable bonds is 2. The Bertz CT molecular complexity index is 414. The topological polar surface area (TPSA) is 54.4 Å². The van der Waals surface area contributed by atoms with Crippen molar-refractivity contribution in [3.05, 3.63) is 33.8 Å². The first-order valence-corrected chi connectivity index (χ1v) is 5.64. The fourth-order valence-electron chi connectivity index (χ4n) is 0.835. The fourth-order valence-corrected chi connectivity index (χ4v) is 2.03. The molecule has 0 radical (unpaired) electrons. The van der Waals surface area contributed by atoms with E-state index in [1.807, 2.05) is 0 Å². The summed E-state index contributed by atoms with van der Waals surface area (Å²) in [7, 11) is -4.04. The standard InChI is InChI=1S/C7H6Cl2O3S/c8-6-2-1-5(7(9)3-6)4-13(10,11)12/h1-3H,4H2,(H,10,11,12). The minimum absolute atomic E-state index is 0.227. The fraction of sp³-hybridized carbons (Fsp3) is 0.143. The van der Waals surface area contributed by atoms with E-state index in [1.165, 1.54) is 18.2 Å². The molecular formula is C7H6Cl2O3S. The molecule has 13 heavy (non-hydrogen) atoms. The van der Waals surface area contributed by atoms with Crippen molar-refractivity contribution in [1.82, 2.24) is 0 Å². The molecule has 0 atom stereocenters. The van der Waals surface area contributed by atoms with E-state index in [2.05, 4.69) is 0 Å². The lowest BCUT2D eigenvalue weighted by atomic mass is 10.2. The van der Waals surface area contributed by atoms with Crippen LogP contribution in [0.1, 0.15) is 5.56 Å². The van der Waals surface area contributed by atoms with Crippen molar-refractivity contribution in [2.75, 3.05) is 0 Å². The van der Waals surface area contributed by atoms with Crippen LogP contribution in [0.5, 0.6) is 0 Å². The van der Waals surface area contributed by atoms with Crippen molar-refractivity contribution in [2.24, 2.45) is 0 Å². The third-order valence-electron chi connectivity index (χ3n) is 1.35. The monoisotopic (exact) mass is 240 g/mol. The number of hydrogen-bond acceptors (Lipinski definition) is 2. The lowest BCUT2D eigenvalue weighted by Crippen LogP contribution is -2.01. The summed E-state index contributed by atoms with van der Waals surface area (Å²) in [6.45, 7) is 0. The Morgan fingerprint density at radius 2 is 1.92 bits per heavy atom. The summed E-state index contributed by atoms with van der Waals surface area (Å²) < 4.78 is 29.5. The van der Waals surface area contributed by atoms with Crippen LogP contribution in [0.2, 0.25) is 10.0 Å². The van der Waals surface area contributed by atoms with E-state index in [0.717, 1.165) is 0 Å². The molecule has 0 aliphatic carbocycles. The van der Waals surface area contributed by atoms with Gasteiger partial charge in [-0.3, -0.25) is 4.55 Å². The molecular weight excluding hydrogens is 235 g/mol. The maximum Gasteiger partial charge on any atom is 0.269 e. The van der Waals surface area contributed by atoms with Gasteiger partial charge in [-0.05, 0) is 17.7 Å². The van der Waals surface area contributed by atoms with Gasteiger partial charge in [-0.25, -0.2) is 0 Å². The maximum absolute atomic E-state index is 10.5. The van der Waals surface area contributed by atoms with E-state index in [9.17, 15) is 8.42 Å². The average molecular weight is 241 g/mol. The third-order valence-corrected chi connectivity index (χ3v) is 2.62. The van der Waals surface area contributed by atoms with E-state index in [1.54, 1.807) is 0 Å². The molecule has 0 saturated carbocycles. The Kier molecular flexibility index (Phi) is 3.18. The second-order valence-electron chi connectivity index (χ2n) is 2.46. The van der Waals surface area contributed by atoms with Crippen molar-refractivity contribution < 1.29 is 13.0 Å². The van der Waals surface area contributed by atoms with Gasteiger partial charge < -0.3 is 0 Å². The Labute approximate surface area is 86.0 Å². The highest BCUT2D eigenvalue weighted by molar-refractivity contribution is 7.85. The van der Waals surface area contributed by atoms with Crippen LogP contribution in [0.25, 0.3) is 0 Å². The summed E-state index contributed by atoms with van der Waals surface area (Å²) >= 11 is 11.3. The molecule has 6 heteroatoms. The molecule has 0 spiro atoms. The molecule has 0 unspecified atom stereocenters. The van der Waals surface area contributed by atoms with Crippen molar-refractivity contribution in [3.63, 3.8) is 0 Å². The van der Waals surface area contributed by atoms with E-state index < -0.39 is 15.9 Å². The molecule has 3 nitrogen and oxygen atoms in total. The molecule has 0 aliphatic heterocycles. The molecule has 0 fully saturated rings. The van der Waals surface area contributed by atoms with Gasteiger partial charge in [0.2, 0.25) is 0 Å². The molecule has 1 aromatic rings. The zero-order valence-corrected chi connectivity index (χ0v) is 8.70. The van der Waals surface area contributed by atoms with Gasteiger partial charge in [0.1, 0.15) is 5.75 Å². The summed E-state index contributed by atoms with van der Waals surface area (Å²) in [6.07, 6.45) is 0. The summed E-state index contributed by atoms with van der Waals surface area (Å²) in [5.41, 5.74) is 0.327. The molecule has 1 rings (SSSR count). The smallest absolute Gasteiger partial charge is 0.269 e. The van der Waals surface area contributed by atoms with Gasteiger partial charge >= 0.3 is 0 Å². The first kappa shape index (κ1) is 10.8. The van der Waals surface area contributed by atoms with Crippen LogP contribution in [-0.2, 0) is 15.9 Å². The maximum atomic E-state index is 10.5. The second-order valence-corrected chi connectivity index (χ2v) is 4.76. The van der Waals surface area contributed by atoms with Gasteiger partial charge in [0.25, 0.3) is 10.1 Å². The summed E-state index contributed by atoms with van der Waals surface area (Å²) in [6, 6.07) is 4.38. The van der Waals surface area contributed by atoms with Crippen LogP contribution in [0.15, 0.2) is 18.2 Å². The van der Waals surface area contributed by atoms with Gasteiger partial charge in [-0.1, -0.05) is 29.3 Å². The Morgan fingerprint density at radius 3 is 2.38 bits per heavy atom. The molecule has 0 saturated heterocycles. The van der Waals surface area contributed by atoms with Crippen LogP contribution in [0, 0.1) is 0 Å². The van der Waals surface area contributed by atoms with Crippen LogP contribution >= 0.6 is 23.2 Å². The molecule has 0 aliphatic rings. The van der Waals surface area contributed by atoms with Crippen molar-refractivity contribution in [3.8, 4) is 0 Å². The SMILES string of the molecule is O=S(=O)(O)Cc1ccc(Cl)cc1Cl. The largest absolute Gasteiger partial charge is 0.285 e. The Hall–Kier alpha value is -0.290. The van der Waals surface area contributed by atoms with Gasteiger partial charge in [0, 0.05) is 10.0 Å². The lowest BCUT2D eigenvalue weighted by molar-refractivity contribution is 0.482. The molecule has 0 bridgehead atoms. The highest BCUT2D eigenvalue weighted by atomic mass is 35.5. The molecule has 0 heterocycles. The third kappa shape index (κ3) is 3.52.